The maximum atomic E-state index is 12.7. The van der Waals surface area contributed by atoms with E-state index in [-0.39, 0.29) is 11.7 Å². The van der Waals surface area contributed by atoms with E-state index in [1.165, 1.54) is 0 Å². The number of nitrogens with one attached hydrogen (secondary N) is 1. The van der Waals surface area contributed by atoms with E-state index in [2.05, 4.69) is 5.32 Å². The molecule has 0 unspecified atom stereocenters. The molecule has 25 heavy (non-hydrogen) atoms. The van der Waals surface area contributed by atoms with Crippen LogP contribution in [0.1, 0.15) is 10.4 Å². The monoisotopic (exact) mass is 327 g/mol. The summed E-state index contributed by atoms with van der Waals surface area (Å²) in [6, 6.07) is 20.1. The van der Waals surface area contributed by atoms with Gasteiger partial charge in [0, 0.05) is 5.56 Å². The Kier molecular flexibility index (Phi) is 2.73. The summed E-state index contributed by atoms with van der Waals surface area (Å²) in [4.78, 5) is 17.4. The standard InChI is InChI=1S/C20H13N3O2/c24-13-10-8-12(9-11-13)19-21-16-6-3-4-14-18(16)23(19)17-7-2-1-5-15(17)22-20(14)25/h1-11,24H,(H,22,25). The van der Waals surface area contributed by atoms with Gasteiger partial charge in [-0.25, -0.2) is 4.98 Å². The third kappa shape index (κ3) is 1.96. The van der Waals surface area contributed by atoms with E-state index in [9.17, 15) is 9.90 Å². The van der Waals surface area contributed by atoms with Gasteiger partial charge in [0.05, 0.1) is 28.0 Å². The van der Waals surface area contributed by atoms with E-state index < -0.39 is 0 Å². The van der Waals surface area contributed by atoms with Gasteiger partial charge in [-0.15, -0.1) is 0 Å². The van der Waals surface area contributed by atoms with E-state index in [4.69, 9.17) is 4.98 Å². The van der Waals surface area contributed by atoms with Gasteiger partial charge in [0.15, 0.2) is 0 Å². The van der Waals surface area contributed by atoms with Gasteiger partial charge in [0.25, 0.3) is 5.91 Å². The molecule has 120 valence electrons. The Bertz CT molecular complexity index is 1140. The molecular weight excluding hydrogens is 314 g/mol. The first-order valence-corrected chi connectivity index (χ1v) is 7.94. The number of rotatable bonds is 1. The minimum absolute atomic E-state index is 0.144. The Morgan fingerprint density at radius 1 is 0.920 bits per heavy atom. The molecule has 0 aliphatic carbocycles. The molecule has 0 radical (unpaired) electrons. The van der Waals surface area contributed by atoms with Crippen LogP contribution in [0.15, 0.2) is 66.7 Å². The molecular formula is C20H13N3O2. The van der Waals surface area contributed by atoms with Crippen LogP contribution in [0.3, 0.4) is 0 Å². The summed E-state index contributed by atoms with van der Waals surface area (Å²) >= 11 is 0. The van der Waals surface area contributed by atoms with Crippen molar-refractivity contribution in [3.63, 3.8) is 0 Å². The number of para-hydroxylation sites is 3. The van der Waals surface area contributed by atoms with Crippen molar-refractivity contribution in [2.24, 2.45) is 0 Å². The third-order valence-corrected chi connectivity index (χ3v) is 4.44. The summed E-state index contributed by atoms with van der Waals surface area (Å²) in [6.07, 6.45) is 0. The summed E-state index contributed by atoms with van der Waals surface area (Å²) in [6.45, 7) is 0. The van der Waals surface area contributed by atoms with Gasteiger partial charge in [0.1, 0.15) is 11.6 Å². The number of phenolic OH excluding ortho intramolecular Hbond substituents is 1. The van der Waals surface area contributed by atoms with Crippen LogP contribution in [0.25, 0.3) is 28.1 Å². The zero-order valence-electron chi connectivity index (χ0n) is 13.1. The molecule has 0 saturated carbocycles. The zero-order chi connectivity index (χ0) is 17.0. The number of phenols is 1. The molecule has 2 heterocycles. The van der Waals surface area contributed by atoms with Crippen LogP contribution in [0.5, 0.6) is 5.75 Å². The van der Waals surface area contributed by atoms with Crippen molar-refractivity contribution in [1.82, 2.24) is 9.55 Å². The number of nitrogens with zero attached hydrogens (tertiary/aromatic N) is 2. The average molecular weight is 327 g/mol. The normalized spacial score (nSPS) is 12.6. The molecule has 5 rings (SSSR count). The summed E-state index contributed by atoms with van der Waals surface area (Å²) in [5.74, 6) is 0.786. The lowest BCUT2D eigenvalue weighted by atomic mass is 10.1. The number of carbonyl (C=O) groups is 1. The molecule has 0 saturated heterocycles. The molecule has 0 spiro atoms. The molecule has 4 aromatic rings. The van der Waals surface area contributed by atoms with Crippen molar-refractivity contribution in [3.8, 4) is 22.8 Å². The number of hydrogen-bond acceptors (Lipinski definition) is 3. The SMILES string of the molecule is O=C1Nc2ccccc2-n2c(-c3ccc(O)cc3)nc3cccc1c32. The Hall–Kier alpha value is -3.60. The van der Waals surface area contributed by atoms with E-state index in [0.29, 0.717) is 5.56 Å². The second kappa shape index (κ2) is 4.95. The maximum absolute atomic E-state index is 12.7. The lowest BCUT2D eigenvalue weighted by molar-refractivity contribution is 0.102. The van der Waals surface area contributed by atoms with Crippen LogP contribution in [0.2, 0.25) is 0 Å². The number of carbonyl (C=O) groups excluding carboxylic acids is 1. The van der Waals surface area contributed by atoms with Crippen LogP contribution >= 0.6 is 0 Å². The highest BCUT2D eigenvalue weighted by Crippen LogP contribution is 2.36. The predicted octanol–water partition coefficient (Wildman–Crippen LogP) is 3.96. The molecule has 0 bridgehead atoms. The third-order valence-electron chi connectivity index (χ3n) is 4.44. The Morgan fingerprint density at radius 3 is 2.56 bits per heavy atom. The van der Waals surface area contributed by atoms with Crippen molar-refractivity contribution in [1.29, 1.82) is 0 Å². The van der Waals surface area contributed by atoms with Gasteiger partial charge in [0.2, 0.25) is 0 Å². The number of amides is 1. The van der Waals surface area contributed by atoms with E-state index >= 15 is 0 Å². The van der Waals surface area contributed by atoms with Crippen LogP contribution in [0.4, 0.5) is 5.69 Å². The number of imidazole rings is 1. The topological polar surface area (TPSA) is 67.2 Å². The van der Waals surface area contributed by atoms with Crippen molar-refractivity contribution in [2.45, 2.75) is 0 Å². The van der Waals surface area contributed by atoms with Crippen LogP contribution in [-0.2, 0) is 0 Å². The smallest absolute Gasteiger partial charge is 0.257 e. The zero-order valence-corrected chi connectivity index (χ0v) is 13.1. The first-order chi connectivity index (χ1) is 12.2. The highest BCUT2D eigenvalue weighted by atomic mass is 16.3. The second-order valence-corrected chi connectivity index (χ2v) is 5.96. The fourth-order valence-corrected chi connectivity index (χ4v) is 3.31. The Balaban J connectivity index is 1.94. The fraction of sp³-hybridized carbons (Fsp3) is 0. The van der Waals surface area contributed by atoms with E-state index in [0.717, 1.165) is 33.8 Å². The number of benzene rings is 3. The first kappa shape index (κ1) is 13.8. The van der Waals surface area contributed by atoms with Gasteiger partial charge in [-0.2, -0.15) is 0 Å². The number of fused-ring (bicyclic) bond motifs is 2. The van der Waals surface area contributed by atoms with Crippen LogP contribution < -0.4 is 5.32 Å². The molecule has 1 aliphatic rings. The molecule has 1 aliphatic heterocycles. The van der Waals surface area contributed by atoms with Crippen molar-refractivity contribution in [2.75, 3.05) is 5.32 Å². The molecule has 5 nitrogen and oxygen atoms in total. The minimum Gasteiger partial charge on any atom is -0.508 e. The predicted molar refractivity (Wildman–Crippen MR) is 96.1 cm³/mol. The van der Waals surface area contributed by atoms with Crippen molar-refractivity contribution < 1.29 is 9.90 Å². The molecule has 0 fully saturated rings. The highest BCUT2D eigenvalue weighted by Gasteiger charge is 2.25. The highest BCUT2D eigenvalue weighted by molar-refractivity contribution is 6.14. The van der Waals surface area contributed by atoms with Crippen molar-refractivity contribution >= 4 is 22.6 Å². The summed E-state index contributed by atoms with van der Waals surface area (Å²) in [5.41, 5.74) is 4.60. The molecule has 2 N–H and O–H groups in total. The lowest BCUT2D eigenvalue weighted by Crippen LogP contribution is -2.10. The largest absolute Gasteiger partial charge is 0.508 e. The van der Waals surface area contributed by atoms with Gasteiger partial charge in [-0.3, -0.25) is 9.36 Å². The number of aromatic hydroxyl groups is 1. The van der Waals surface area contributed by atoms with Crippen LogP contribution in [-0.4, -0.2) is 20.6 Å². The average Bonchev–Trinajstić information content (AvgIpc) is 2.96. The van der Waals surface area contributed by atoms with Gasteiger partial charge in [-0.05, 0) is 48.5 Å². The second-order valence-electron chi connectivity index (χ2n) is 5.96. The molecule has 5 heteroatoms. The minimum atomic E-state index is -0.144. The number of anilines is 1. The summed E-state index contributed by atoms with van der Waals surface area (Å²) in [7, 11) is 0. The number of hydrogen-bond donors (Lipinski definition) is 2. The fourth-order valence-electron chi connectivity index (χ4n) is 3.31. The van der Waals surface area contributed by atoms with E-state index in [1.807, 2.05) is 59.2 Å². The van der Waals surface area contributed by atoms with Gasteiger partial charge >= 0.3 is 0 Å². The van der Waals surface area contributed by atoms with Crippen molar-refractivity contribution in [3.05, 3.63) is 72.3 Å². The van der Waals surface area contributed by atoms with Crippen LogP contribution in [0, 0.1) is 0 Å². The lowest BCUT2D eigenvalue weighted by Gasteiger charge is -2.11. The number of aromatic nitrogens is 2. The van der Waals surface area contributed by atoms with Gasteiger partial charge < -0.3 is 10.4 Å². The van der Waals surface area contributed by atoms with Gasteiger partial charge in [-0.1, -0.05) is 18.2 Å². The maximum Gasteiger partial charge on any atom is 0.257 e. The Morgan fingerprint density at radius 2 is 1.72 bits per heavy atom. The Labute approximate surface area is 143 Å². The molecule has 0 atom stereocenters. The molecule has 1 aromatic heterocycles. The summed E-state index contributed by atoms with van der Waals surface area (Å²) < 4.78 is 2.00. The first-order valence-electron chi connectivity index (χ1n) is 7.94. The molecule has 1 amide bonds. The quantitative estimate of drug-likeness (QED) is 0.556. The van der Waals surface area contributed by atoms with E-state index in [1.54, 1.807) is 12.1 Å². The summed E-state index contributed by atoms with van der Waals surface area (Å²) in [5, 5.41) is 12.6. The molecule has 3 aromatic carbocycles.